The van der Waals surface area contributed by atoms with Crippen LogP contribution in [0.4, 0.5) is 11.4 Å². The molecule has 0 atom stereocenters. The van der Waals surface area contributed by atoms with Gasteiger partial charge in [-0.3, -0.25) is 14.4 Å². The van der Waals surface area contributed by atoms with Crippen LogP contribution in [0.1, 0.15) is 38.5 Å². The second-order valence-electron chi connectivity index (χ2n) is 6.11. The van der Waals surface area contributed by atoms with Crippen molar-refractivity contribution in [2.45, 2.75) is 44.6 Å². The zero-order valence-corrected chi connectivity index (χ0v) is 13.0. The minimum atomic E-state index is -0.665. The van der Waals surface area contributed by atoms with Gasteiger partial charge in [0.25, 0.3) is 0 Å². The summed E-state index contributed by atoms with van der Waals surface area (Å²) in [5.41, 5.74) is 1.27. The van der Waals surface area contributed by atoms with Gasteiger partial charge in [-0.15, -0.1) is 0 Å². The first-order valence-corrected chi connectivity index (χ1v) is 8.16. The number of hydrogen-bond donors (Lipinski definition) is 2. The maximum absolute atomic E-state index is 12.0. The van der Waals surface area contributed by atoms with Crippen LogP contribution in [0.15, 0.2) is 24.3 Å². The average Bonchev–Trinajstić information content (AvgIpc) is 3.19. The molecule has 3 rings (SSSR count). The van der Waals surface area contributed by atoms with E-state index in [0.717, 1.165) is 37.8 Å². The molecule has 1 aliphatic heterocycles. The number of carbonyl (C=O) groups is 3. The van der Waals surface area contributed by atoms with Crippen LogP contribution in [0.2, 0.25) is 0 Å². The van der Waals surface area contributed by atoms with Gasteiger partial charge in [0.2, 0.25) is 5.91 Å². The number of carbonyl (C=O) groups excluding carboxylic acids is 3. The third-order valence-corrected chi connectivity index (χ3v) is 4.39. The van der Waals surface area contributed by atoms with E-state index in [0.29, 0.717) is 18.7 Å². The SMILES string of the molecule is O=C(Nc1cccc(N2CCCC2=O)c1)C(=O)NC1CCCC1. The third-order valence-electron chi connectivity index (χ3n) is 4.39. The van der Waals surface area contributed by atoms with Crippen molar-refractivity contribution in [1.82, 2.24) is 5.32 Å². The van der Waals surface area contributed by atoms with Crippen molar-refractivity contribution in [1.29, 1.82) is 0 Å². The molecule has 1 heterocycles. The van der Waals surface area contributed by atoms with Crippen LogP contribution in [0, 0.1) is 0 Å². The van der Waals surface area contributed by atoms with E-state index in [-0.39, 0.29) is 11.9 Å². The van der Waals surface area contributed by atoms with Crippen LogP contribution in [-0.4, -0.2) is 30.3 Å². The van der Waals surface area contributed by atoms with E-state index >= 15 is 0 Å². The zero-order chi connectivity index (χ0) is 16.2. The molecule has 1 aromatic rings. The Morgan fingerprint density at radius 3 is 2.57 bits per heavy atom. The summed E-state index contributed by atoms with van der Waals surface area (Å²) in [7, 11) is 0. The standard InChI is InChI=1S/C17H21N3O3/c21-15-9-4-10-20(15)14-8-3-7-13(11-14)19-17(23)16(22)18-12-5-1-2-6-12/h3,7-8,11-12H,1-2,4-6,9-10H2,(H,18,22)(H,19,23). The molecular formula is C17H21N3O3. The molecule has 23 heavy (non-hydrogen) atoms. The molecule has 2 aliphatic rings. The Balaban J connectivity index is 1.61. The third kappa shape index (κ3) is 3.70. The second-order valence-corrected chi connectivity index (χ2v) is 6.11. The van der Waals surface area contributed by atoms with Gasteiger partial charge in [0.15, 0.2) is 0 Å². The lowest BCUT2D eigenvalue weighted by Crippen LogP contribution is -2.40. The number of hydrogen-bond acceptors (Lipinski definition) is 3. The number of amides is 3. The lowest BCUT2D eigenvalue weighted by molar-refractivity contribution is -0.136. The van der Waals surface area contributed by atoms with Crippen molar-refractivity contribution in [3.63, 3.8) is 0 Å². The van der Waals surface area contributed by atoms with E-state index in [1.165, 1.54) is 0 Å². The van der Waals surface area contributed by atoms with Crippen LogP contribution in [0.5, 0.6) is 0 Å². The minimum Gasteiger partial charge on any atom is -0.345 e. The highest BCUT2D eigenvalue weighted by atomic mass is 16.2. The molecule has 0 spiro atoms. The lowest BCUT2D eigenvalue weighted by Gasteiger charge is -2.17. The number of anilines is 2. The van der Waals surface area contributed by atoms with Gasteiger partial charge in [0, 0.05) is 30.4 Å². The van der Waals surface area contributed by atoms with Gasteiger partial charge in [-0.2, -0.15) is 0 Å². The van der Waals surface area contributed by atoms with Gasteiger partial charge in [0.05, 0.1) is 0 Å². The topological polar surface area (TPSA) is 78.5 Å². The van der Waals surface area contributed by atoms with E-state index in [4.69, 9.17) is 0 Å². The molecule has 6 nitrogen and oxygen atoms in total. The Hall–Kier alpha value is -2.37. The van der Waals surface area contributed by atoms with Crippen molar-refractivity contribution in [3.8, 4) is 0 Å². The zero-order valence-electron chi connectivity index (χ0n) is 13.0. The maximum atomic E-state index is 12.0. The van der Waals surface area contributed by atoms with Crippen molar-refractivity contribution in [3.05, 3.63) is 24.3 Å². The summed E-state index contributed by atoms with van der Waals surface area (Å²) in [6.45, 7) is 0.693. The monoisotopic (exact) mass is 315 g/mol. The summed E-state index contributed by atoms with van der Waals surface area (Å²) >= 11 is 0. The molecule has 6 heteroatoms. The number of nitrogens with zero attached hydrogens (tertiary/aromatic N) is 1. The van der Waals surface area contributed by atoms with Crippen molar-refractivity contribution in [2.24, 2.45) is 0 Å². The molecule has 0 bridgehead atoms. The van der Waals surface area contributed by atoms with E-state index in [9.17, 15) is 14.4 Å². The first-order valence-electron chi connectivity index (χ1n) is 8.16. The summed E-state index contributed by atoms with van der Waals surface area (Å²) in [6.07, 6.45) is 5.47. The fourth-order valence-electron chi connectivity index (χ4n) is 3.18. The van der Waals surface area contributed by atoms with Crippen LogP contribution < -0.4 is 15.5 Å². The van der Waals surface area contributed by atoms with Crippen molar-refractivity contribution >= 4 is 29.1 Å². The van der Waals surface area contributed by atoms with Gasteiger partial charge >= 0.3 is 11.8 Å². The molecule has 1 aliphatic carbocycles. The predicted molar refractivity (Wildman–Crippen MR) is 87.1 cm³/mol. The molecule has 1 saturated carbocycles. The van der Waals surface area contributed by atoms with Gasteiger partial charge < -0.3 is 15.5 Å². The fourth-order valence-corrected chi connectivity index (χ4v) is 3.18. The van der Waals surface area contributed by atoms with Crippen LogP contribution in [0.3, 0.4) is 0 Å². The first-order chi connectivity index (χ1) is 11.1. The van der Waals surface area contributed by atoms with Crippen molar-refractivity contribution < 1.29 is 14.4 Å². The van der Waals surface area contributed by atoms with Crippen LogP contribution in [0.25, 0.3) is 0 Å². The quantitative estimate of drug-likeness (QED) is 0.835. The number of rotatable bonds is 3. The Labute approximate surface area is 135 Å². The minimum absolute atomic E-state index is 0.0902. The Morgan fingerprint density at radius 1 is 1.09 bits per heavy atom. The molecule has 0 radical (unpaired) electrons. The predicted octanol–water partition coefficient (Wildman–Crippen LogP) is 1.81. The summed E-state index contributed by atoms with van der Waals surface area (Å²) in [5.74, 6) is -1.17. The van der Waals surface area contributed by atoms with Gasteiger partial charge in [0.1, 0.15) is 0 Å². The Bertz CT molecular complexity index is 623. The average molecular weight is 315 g/mol. The van der Waals surface area contributed by atoms with Gasteiger partial charge in [-0.1, -0.05) is 18.9 Å². The van der Waals surface area contributed by atoms with E-state index in [1.807, 2.05) is 6.07 Å². The first kappa shape index (κ1) is 15.5. The highest BCUT2D eigenvalue weighted by Crippen LogP contribution is 2.24. The summed E-state index contributed by atoms with van der Waals surface area (Å²) in [5, 5.41) is 5.37. The van der Waals surface area contributed by atoms with E-state index in [2.05, 4.69) is 10.6 Å². The molecule has 0 aromatic heterocycles. The fraction of sp³-hybridized carbons (Fsp3) is 0.471. The summed E-state index contributed by atoms with van der Waals surface area (Å²) < 4.78 is 0. The number of nitrogens with one attached hydrogen (secondary N) is 2. The molecule has 122 valence electrons. The van der Waals surface area contributed by atoms with E-state index in [1.54, 1.807) is 23.1 Å². The highest BCUT2D eigenvalue weighted by Gasteiger charge is 2.23. The molecule has 0 unspecified atom stereocenters. The van der Waals surface area contributed by atoms with Gasteiger partial charge in [-0.05, 0) is 37.5 Å². The second kappa shape index (κ2) is 6.81. The molecule has 1 saturated heterocycles. The molecule has 3 amide bonds. The molecule has 2 fully saturated rings. The maximum Gasteiger partial charge on any atom is 0.313 e. The normalized spacial score (nSPS) is 18.3. The molecule has 1 aromatic carbocycles. The molecule has 2 N–H and O–H groups in total. The van der Waals surface area contributed by atoms with Crippen LogP contribution >= 0.6 is 0 Å². The van der Waals surface area contributed by atoms with Crippen LogP contribution in [-0.2, 0) is 14.4 Å². The van der Waals surface area contributed by atoms with E-state index < -0.39 is 11.8 Å². The highest BCUT2D eigenvalue weighted by molar-refractivity contribution is 6.39. The Kier molecular flexibility index (Phi) is 4.60. The van der Waals surface area contributed by atoms with Gasteiger partial charge in [-0.25, -0.2) is 0 Å². The molecular weight excluding hydrogens is 294 g/mol. The number of benzene rings is 1. The largest absolute Gasteiger partial charge is 0.345 e. The lowest BCUT2D eigenvalue weighted by atomic mass is 10.2. The smallest absolute Gasteiger partial charge is 0.313 e. The summed E-state index contributed by atoms with van der Waals surface area (Å²) in [4.78, 5) is 37.4. The van der Waals surface area contributed by atoms with Crippen molar-refractivity contribution in [2.75, 3.05) is 16.8 Å². The summed E-state index contributed by atoms with van der Waals surface area (Å²) in [6, 6.07) is 7.15. The Morgan fingerprint density at radius 2 is 1.87 bits per heavy atom.